The van der Waals surface area contributed by atoms with E-state index in [2.05, 4.69) is 0 Å². The van der Waals surface area contributed by atoms with Gasteiger partial charge in [0.1, 0.15) is 0 Å². The number of pyridine rings is 1. The largest absolute Gasteiger partial charge is 0.481 e. The van der Waals surface area contributed by atoms with Gasteiger partial charge >= 0.3 is 5.97 Å². The monoisotopic (exact) mass is 263 g/mol. The molecule has 1 aliphatic carbocycles. The first kappa shape index (κ1) is 13.8. The van der Waals surface area contributed by atoms with Crippen LogP contribution in [0.15, 0.2) is 16.9 Å². The average molecular weight is 263 g/mol. The normalized spacial score (nSPS) is 18.2. The lowest BCUT2D eigenvalue weighted by molar-refractivity contribution is -0.152. The lowest BCUT2D eigenvalue weighted by Crippen LogP contribution is -2.38. The van der Waals surface area contributed by atoms with Crippen LogP contribution in [0.25, 0.3) is 0 Å². The minimum absolute atomic E-state index is 0.0146. The Kier molecular flexibility index (Phi) is 3.78. The molecule has 0 bridgehead atoms. The molecule has 2 rings (SSSR count). The van der Waals surface area contributed by atoms with Crippen molar-refractivity contribution in [2.75, 3.05) is 0 Å². The van der Waals surface area contributed by atoms with Gasteiger partial charge in [-0.25, -0.2) is 0 Å². The highest BCUT2D eigenvalue weighted by molar-refractivity contribution is 5.74. The Morgan fingerprint density at radius 3 is 2.21 bits per heavy atom. The van der Waals surface area contributed by atoms with Crippen molar-refractivity contribution in [3.05, 3.63) is 33.7 Å². The highest BCUT2D eigenvalue weighted by Gasteiger charge is 2.40. The maximum absolute atomic E-state index is 11.7. The van der Waals surface area contributed by atoms with E-state index < -0.39 is 11.4 Å². The molecule has 1 N–H and O–H groups in total. The van der Waals surface area contributed by atoms with Crippen LogP contribution >= 0.6 is 0 Å². The van der Waals surface area contributed by atoms with Gasteiger partial charge in [-0.05, 0) is 26.7 Å². The van der Waals surface area contributed by atoms with Gasteiger partial charge in [-0.15, -0.1) is 0 Å². The van der Waals surface area contributed by atoms with E-state index in [-0.39, 0.29) is 5.43 Å². The molecular weight excluding hydrogens is 242 g/mol. The topological polar surface area (TPSA) is 59.3 Å². The predicted octanol–water partition coefficient (Wildman–Crippen LogP) is 2.50. The summed E-state index contributed by atoms with van der Waals surface area (Å²) in [7, 11) is 0. The van der Waals surface area contributed by atoms with E-state index in [1.807, 2.05) is 18.4 Å². The number of hydrogen-bond donors (Lipinski definition) is 1. The molecule has 0 unspecified atom stereocenters. The van der Waals surface area contributed by atoms with E-state index in [4.69, 9.17) is 0 Å². The average Bonchev–Trinajstić information content (AvgIpc) is 2.35. The molecule has 1 aliphatic rings. The van der Waals surface area contributed by atoms with E-state index in [0.717, 1.165) is 43.5 Å². The van der Waals surface area contributed by atoms with Gasteiger partial charge < -0.3 is 9.67 Å². The SMILES string of the molecule is Cc1cc(=O)cc(C)n1CC1(C(=O)O)CCCCC1. The van der Waals surface area contributed by atoms with E-state index in [0.29, 0.717) is 6.54 Å². The van der Waals surface area contributed by atoms with E-state index in [1.54, 1.807) is 12.1 Å². The minimum Gasteiger partial charge on any atom is -0.481 e. The molecule has 4 nitrogen and oxygen atoms in total. The summed E-state index contributed by atoms with van der Waals surface area (Å²) in [6.07, 6.45) is 4.53. The molecule has 0 saturated heterocycles. The number of aryl methyl sites for hydroxylation is 2. The zero-order valence-corrected chi connectivity index (χ0v) is 11.6. The molecule has 1 aromatic rings. The van der Waals surface area contributed by atoms with Crippen LogP contribution in [0.2, 0.25) is 0 Å². The van der Waals surface area contributed by atoms with Crippen LogP contribution in [0.3, 0.4) is 0 Å². The fourth-order valence-corrected chi connectivity index (χ4v) is 3.11. The molecule has 0 aliphatic heterocycles. The van der Waals surface area contributed by atoms with Crippen molar-refractivity contribution < 1.29 is 9.90 Å². The standard InChI is InChI=1S/C15H21NO3/c1-11-8-13(17)9-12(2)16(11)10-15(14(18)19)6-4-3-5-7-15/h8-9H,3-7,10H2,1-2H3,(H,18,19). The predicted molar refractivity (Wildman–Crippen MR) is 73.3 cm³/mol. The molecule has 1 fully saturated rings. The summed E-state index contributed by atoms with van der Waals surface area (Å²) < 4.78 is 1.97. The Labute approximate surface area is 113 Å². The summed E-state index contributed by atoms with van der Waals surface area (Å²) in [5.41, 5.74) is 1.01. The molecule has 1 heterocycles. The first-order chi connectivity index (χ1) is 8.94. The summed E-state index contributed by atoms with van der Waals surface area (Å²) in [5, 5.41) is 9.61. The maximum Gasteiger partial charge on any atom is 0.311 e. The molecule has 0 spiro atoms. The zero-order chi connectivity index (χ0) is 14.0. The zero-order valence-electron chi connectivity index (χ0n) is 11.6. The van der Waals surface area contributed by atoms with Crippen molar-refractivity contribution in [2.45, 2.75) is 52.5 Å². The van der Waals surface area contributed by atoms with Gasteiger partial charge in [0, 0.05) is 30.1 Å². The first-order valence-corrected chi connectivity index (χ1v) is 6.86. The van der Waals surface area contributed by atoms with Gasteiger partial charge in [-0.2, -0.15) is 0 Å². The maximum atomic E-state index is 11.7. The Morgan fingerprint density at radius 1 is 1.21 bits per heavy atom. The Hall–Kier alpha value is -1.58. The summed E-state index contributed by atoms with van der Waals surface area (Å²) in [5.74, 6) is -0.704. The van der Waals surface area contributed by atoms with E-state index in [9.17, 15) is 14.7 Å². The van der Waals surface area contributed by atoms with Crippen LogP contribution in [0, 0.1) is 19.3 Å². The second-order valence-electron chi connectivity index (χ2n) is 5.71. The highest BCUT2D eigenvalue weighted by atomic mass is 16.4. The Bertz CT molecular complexity index is 513. The van der Waals surface area contributed by atoms with Crippen LogP contribution < -0.4 is 5.43 Å². The van der Waals surface area contributed by atoms with Crippen molar-refractivity contribution in [2.24, 2.45) is 5.41 Å². The van der Waals surface area contributed by atoms with Crippen molar-refractivity contribution in [1.82, 2.24) is 4.57 Å². The molecule has 0 aromatic carbocycles. The number of nitrogens with zero attached hydrogens (tertiary/aromatic N) is 1. The third-order valence-corrected chi connectivity index (χ3v) is 4.28. The molecular formula is C15H21NO3. The number of aliphatic carboxylic acids is 1. The first-order valence-electron chi connectivity index (χ1n) is 6.86. The van der Waals surface area contributed by atoms with Crippen molar-refractivity contribution >= 4 is 5.97 Å². The van der Waals surface area contributed by atoms with E-state index in [1.165, 1.54) is 0 Å². The third kappa shape index (κ3) is 2.72. The Morgan fingerprint density at radius 2 is 1.74 bits per heavy atom. The summed E-state index contributed by atoms with van der Waals surface area (Å²) in [6.45, 7) is 4.21. The molecule has 104 valence electrons. The minimum atomic E-state index is -0.704. The van der Waals surface area contributed by atoms with Crippen molar-refractivity contribution in [3.63, 3.8) is 0 Å². The highest BCUT2D eigenvalue weighted by Crippen LogP contribution is 2.38. The second kappa shape index (κ2) is 5.19. The van der Waals surface area contributed by atoms with Crippen LogP contribution in [0.4, 0.5) is 0 Å². The van der Waals surface area contributed by atoms with Gasteiger partial charge in [0.25, 0.3) is 0 Å². The third-order valence-electron chi connectivity index (χ3n) is 4.28. The van der Waals surface area contributed by atoms with Crippen molar-refractivity contribution in [1.29, 1.82) is 0 Å². The number of carbonyl (C=O) groups is 1. The number of carboxylic acids is 1. The van der Waals surface area contributed by atoms with Gasteiger partial charge in [0.2, 0.25) is 0 Å². The van der Waals surface area contributed by atoms with Gasteiger partial charge in [-0.1, -0.05) is 19.3 Å². The van der Waals surface area contributed by atoms with Gasteiger partial charge in [0.05, 0.1) is 5.41 Å². The lowest BCUT2D eigenvalue weighted by atomic mass is 9.74. The quantitative estimate of drug-likeness (QED) is 0.911. The number of carboxylic acid groups (broad SMARTS) is 1. The lowest BCUT2D eigenvalue weighted by Gasteiger charge is -2.35. The summed E-state index contributed by atoms with van der Waals surface area (Å²) in [6, 6.07) is 3.15. The van der Waals surface area contributed by atoms with Crippen LogP contribution in [0.1, 0.15) is 43.5 Å². The Balaban J connectivity index is 2.37. The molecule has 19 heavy (non-hydrogen) atoms. The van der Waals surface area contributed by atoms with Gasteiger partial charge in [0.15, 0.2) is 5.43 Å². The van der Waals surface area contributed by atoms with Crippen LogP contribution in [-0.4, -0.2) is 15.6 Å². The summed E-state index contributed by atoms with van der Waals surface area (Å²) >= 11 is 0. The molecule has 1 aromatic heterocycles. The molecule has 0 atom stereocenters. The molecule has 0 amide bonds. The fourth-order valence-electron chi connectivity index (χ4n) is 3.11. The van der Waals surface area contributed by atoms with Crippen LogP contribution in [0.5, 0.6) is 0 Å². The number of rotatable bonds is 3. The molecule has 0 radical (unpaired) electrons. The van der Waals surface area contributed by atoms with E-state index >= 15 is 0 Å². The molecule has 4 heteroatoms. The van der Waals surface area contributed by atoms with Crippen molar-refractivity contribution in [3.8, 4) is 0 Å². The van der Waals surface area contributed by atoms with Gasteiger partial charge in [-0.3, -0.25) is 9.59 Å². The smallest absolute Gasteiger partial charge is 0.311 e. The number of aromatic nitrogens is 1. The molecule has 1 saturated carbocycles. The number of hydrogen-bond acceptors (Lipinski definition) is 2. The van der Waals surface area contributed by atoms with Crippen LogP contribution in [-0.2, 0) is 11.3 Å². The second-order valence-corrected chi connectivity index (χ2v) is 5.71. The summed E-state index contributed by atoms with van der Waals surface area (Å²) in [4.78, 5) is 23.1. The fraction of sp³-hybridized carbons (Fsp3) is 0.600.